The molecule has 1 aromatic carbocycles. The molecular formula is C17H21F3N2O2. The van der Waals surface area contributed by atoms with Gasteiger partial charge in [0.05, 0.1) is 5.56 Å². The van der Waals surface area contributed by atoms with Gasteiger partial charge in [0, 0.05) is 25.1 Å². The van der Waals surface area contributed by atoms with Gasteiger partial charge in [-0.3, -0.25) is 0 Å². The van der Waals surface area contributed by atoms with E-state index in [9.17, 15) is 18.0 Å². The molecule has 1 aliphatic rings. The van der Waals surface area contributed by atoms with Gasteiger partial charge in [-0.15, -0.1) is 0 Å². The Morgan fingerprint density at radius 3 is 2.50 bits per heavy atom. The van der Waals surface area contributed by atoms with E-state index in [4.69, 9.17) is 5.11 Å². The molecule has 0 radical (unpaired) electrons. The Balaban J connectivity index is 1.79. The monoisotopic (exact) mass is 342 g/mol. The second-order valence-corrected chi connectivity index (χ2v) is 6.04. The van der Waals surface area contributed by atoms with Crippen LogP contribution in [0.15, 0.2) is 36.4 Å². The van der Waals surface area contributed by atoms with E-state index in [1.165, 1.54) is 12.1 Å². The summed E-state index contributed by atoms with van der Waals surface area (Å²) in [6.45, 7) is 2.21. The number of rotatable bonds is 5. The van der Waals surface area contributed by atoms with Crippen molar-refractivity contribution < 1.29 is 23.1 Å². The van der Waals surface area contributed by atoms with E-state index in [0.29, 0.717) is 13.0 Å². The lowest BCUT2D eigenvalue weighted by molar-refractivity contribution is -0.137. The predicted molar refractivity (Wildman–Crippen MR) is 84.5 cm³/mol. The van der Waals surface area contributed by atoms with Crippen molar-refractivity contribution in [1.82, 2.24) is 10.6 Å². The average molecular weight is 342 g/mol. The van der Waals surface area contributed by atoms with Gasteiger partial charge in [-0.1, -0.05) is 31.2 Å². The number of benzene rings is 1. The van der Waals surface area contributed by atoms with Crippen molar-refractivity contribution in [2.75, 3.05) is 13.2 Å². The number of carbonyl (C=O) groups excluding carboxylic acids is 1. The van der Waals surface area contributed by atoms with Crippen LogP contribution in [-0.2, 0) is 6.18 Å². The molecule has 1 aromatic rings. The van der Waals surface area contributed by atoms with Gasteiger partial charge in [0.2, 0.25) is 0 Å². The molecule has 3 atom stereocenters. The predicted octanol–water partition coefficient (Wildman–Crippen LogP) is 3.05. The molecule has 0 fully saturated rings. The summed E-state index contributed by atoms with van der Waals surface area (Å²) in [6.07, 6.45) is 0.0367. The fourth-order valence-corrected chi connectivity index (χ4v) is 2.60. The molecule has 0 unspecified atom stereocenters. The van der Waals surface area contributed by atoms with Gasteiger partial charge in [0.25, 0.3) is 0 Å². The average Bonchev–Trinajstić information content (AvgIpc) is 2.99. The smallest absolute Gasteiger partial charge is 0.396 e. The topological polar surface area (TPSA) is 61.4 Å². The highest BCUT2D eigenvalue weighted by Gasteiger charge is 2.30. The number of amides is 2. The van der Waals surface area contributed by atoms with Crippen LogP contribution in [0.1, 0.15) is 30.4 Å². The molecule has 132 valence electrons. The van der Waals surface area contributed by atoms with E-state index in [2.05, 4.69) is 10.6 Å². The standard InChI is InChI=1S/C17H21F3N2O2/c1-11(13-3-5-14(6-4-13)17(18,19)20)9-21-16(24)22-15-7-2-12(8-15)10-23/h2-7,11-12,15,23H,8-10H2,1H3,(H2,21,22,24)/t11-,12-,15+/m0/s1. The van der Waals surface area contributed by atoms with E-state index in [0.717, 1.165) is 17.7 Å². The summed E-state index contributed by atoms with van der Waals surface area (Å²) in [4.78, 5) is 11.8. The highest BCUT2D eigenvalue weighted by atomic mass is 19.4. The number of hydrogen-bond acceptors (Lipinski definition) is 2. The van der Waals surface area contributed by atoms with Crippen molar-refractivity contribution in [2.45, 2.75) is 31.5 Å². The van der Waals surface area contributed by atoms with Crippen LogP contribution in [0.5, 0.6) is 0 Å². The van der Waals surface area contributed by atoms with Crippen molar-refractivity contribution in [3.63, 3.8) is 0 Å². The first-order chi connectivity index (χ1) is 11.3. The Kier molecular flexibility index (Phi) is 5.88. The second-order valence-electron chi connectivity index (χ2n) is 6.04. The summed E-state index contributed by atoms with van der Waals surface area (Å²) in [5.74, 6) is -0.0382. The minimum atomic E-state index is -4.35. The quantitative estimate of drug-likeness (QED) is 0.720. The van der Waals surface area contributed by atoms with Gasteiger partial charge in [0.15, 0.2) is 0 Å². The molecule has 2 rings (SSSR count). The first kappa shape index (κ1) is 18.3. The van der Waals surface area contributed by atoms with Gasteiger partial charge < -0.3 is 15.7 Å². The molecule has 1 aliphatic carbocycles. The molecule has 7 heteroatoms. The number of aliphatic hydroxyl groups is 1. The van der Waals surface area contributed by atoms with Crippen LogP contribution in [-0.4, -0.2) is 30.3 Å². The lowest BCUT2D eigenvalue weighted by atomic mass is 10.00. The maximum absolute atomic E-state index is 12.5. The molecule has 2 amide bonds. The number of urea groups is 1. The molecule has 0 aliphatic heterocycles. The first-order valence-corrected chi connectivity index (χ1v) is 7.80. The minimum Gasteiger partial charge on any atom is -0.396 e. The molecule has 0 saturated carbocycles. The Hall–Kier alpha value is -2.02. The number of nitrogens with one attached hydrogen (secondary N) is 2. The second kappa shape index (κ2) is 7.70. The number of carbonyl (C=O) groups is 1. The molecule has 4 nitrogen and oxygen atoms in total. The van der Waals surface area contributed by atoms with Crippen LogP contribution in [0.3, 0.4) is 0 Å². The molecule has 0 heterocycles. The first-order valence-electron chi connectivity index (χ1n) is 7.80. The fourth-order valence-electron chi connectivity index (χ4n) is 2.60. The lowest BCUT2D eigenvalue weighted by Gasteiger charge is -2.17. The third kappa shape index (κ3) is 4.99. The molecule has 0 saturated heterocycles. The van der Waals surface area contributed by atoms with Gasteiger partial charge in [-0.05, 0) is 30.0 Å². The van der Waals surface area contributed by atoms with Crippen LogP contribution < -0.4 is 10.6 Å². The van der Waals surface area contributed by atoms with E-state index >= 15 is 0 Å². The Bertz CT molecular complexity index is 584. The Morgan fingerprint density at radius 2 is 1.96 bits per heavy atom. The zero-order chi connectivity index (χ0) is 17.7. The zero-order valence-electron chi connectivity index (χ0n) is 13.3. The third-order valence-corrected chi connectivity index (χ3v) is 4.10. The van der Waals surface area contributed by atoms with Crippen LogP contribution >= 0.6 is 0 Å². The summed E-state index contributed by atoms with van der Waals surface area (Å²) in [5.41, 5.74) is 0.0417. The molecule has 24 heavy (non-hydrogen) atoms. The van der Waals surface area contributed by atoms with Gasteiger partial charge in [-0.25, -0.2) is 4.79 Å². The Morgan fingerprint density at radius 1 is 1.29 bits per heavy atom. The van der Waals surface area contributed by atoms with Crippen LogP contribution in [0.4, 0.5) is 18.0 Å². The van der Waals surface area contributed by atoms with Crippen molar-refractivity contribution in [1.29, 1.82) is 0 Å². The minimum absolute atomic E-state index is 0.0568. The molecule has 0 spiro atoms. The summed E-state index contributed by atoms with van der Waals surface area (Å²) >= 11 is 0. The number of aliphatic hydroxyl groups excluding tert-OH is 1. The maximum atomic E-state index is 12.5. The summed E-state index contributed by atoms with van der Waals surface area (Å²) in [5, 5.41) is 14.5. The van der Waals surface area contributed by atoms with Crippen LogP contribution in [0, 0.1) is 5.92 Å². The van der Waals surface area contributed by atoms with Gasteiger partial charge >= 0.3 is 12.2 Å². The lowest BCUT2D eigenvalue weighted by Crippen LogP contribution is -2.42. The summed E-state index contributed by atoms with van der Waals surface area (Å²) in [7, 11) is 0. The summed E-state index contributed by atoms with van der Waals surface area (Å²) < 4.78 is 37.6. The number of halogens is 3. The van der Waals surface area contributed by atoms with Crippen molar-refractivity contribution >= 4 is 6.03 Å². The normalized spacial score (nSPS) is 21.5. The number of alkyl halides is 3. The van der Waals surface area contributed by atoms with Gasteiger partial charge in [-0.2, -0.15) is 13.2 Å². The van der Waals surface area contributed by atoms with E-state index in [1.54, 1.807) is 0 Å². The fraction of sp³-hybridized carbons (Fsp3) is 0.471. The van der Waals surface area contributed by atoms with Crippen molar-refractivity contribution in [3.8, 4) is 0 Å². The van der Waals surface area contributed by atoms with Gasteiger partial charge in [0.1, 0.15) is 0 Å². The maximum Gasteiger partial charge on any atom is 0.416 e. The Labute approximate surface area is 138 Å². The van der Waals surface area contributed by atoms with Crippen LogP contribution in [0.25, 0.3) is 0 Å². The highest BCUT2D eigenvalue weighted by molar-refractivity contribution is 5.74. The van der Waals surface area contributed by atoms with E-state index in [-0.39, 0.29) is 30.5 Å². The molecule has 3 N–H and O–H groups in total. The molecule has 0 bridgehead atoms. The summed E-state index contributed by atoms with van der Waals surface area (Å²) in [6, 6.07) is 4.51. The zero-order valence-corrected chi connectivity index (χ0v) is 13.3. The van der Waals surface area contributed by atoms with E-state index < -0.39 is 11.7 Å². The molecule has 0 aromatic heterocycles. The van der Waals surface area contributed by atoms with Crippen molar-refractivity contribution in [3.05, 3.63) is 47.5 Å². The largest absolute Gasteiger partial charge is 0.416 e. The van der Waals surface area contributed by atoms with Crippen LogP contribution in [0.2, 0.25) is 0 Å². The third-order valence-electron chi connectivity index (χ3n) is 4.10. The SMILES string of the molecule is C[C@@H](CNC(=O)N[C@@H]1C=C[C@H](CO)C1)c1ccc(C(F)(F)F)cc1. The van der Waals surface area contributed by atoms with Crippen molar-refractivity contribution in [2.24, 2.45) is 5.92 Å². The molecular weight excluding hydrogens is 321 g/mol. The van der Waals surface area contributed by atoms with E-state index in [1.807, 2.05) is 19.1 Å². The highest BCUT2D eigenvalue weighted by Crippen LogP contribution is 2.30. The number of hydrogen-bond donors (Lipinski definition) is 3.